The Morgan fingerprint density at radius 1 is 1.46 bits per heavy atom. The predicted octanol–water partition coefficient (Wildman–Crippen LogP) is 0.904. The average molecular weight is 181 g/mol. The highest BCUT2D eigenvalue weighted by Gasteiger charge is 2.08. The molecule has 0 aromatic carbocycles. The molecule has 13 heavy (non-hydrogen) atoms. The Labute approximate surface area is 78.2 Å². The number of aliphatic hydroxyl groups excluding tert-OH is 1. The van der Waals surface area contributed by atoms with Gasteiger partial charge in [0, 0.05) is 31.5 Å². The Hall–Kier alpha value is -1.16. The number of rotatable bonds is 2. The van der Waals surface area contributed by atoms with Crippen LogP contribution < -0.4 is 4.90 Å². The third kappa shape index (κ3) is 2.15. The van der Waals surface area contributed by atoms with Gasteiger partial charge in [-0.3, -0.25) is 0 Å². The lowest BCUT2D eigenvalue weighted by Crippen LogP contribution is -2.14. The molecule has 4 heteroatoms. The van der Waals surface area contributed by atoms with Crippen LogP contribution in [0.3, 0.4) is 0 Å². The maximum Gasteiger partial charge on any atom is 0.224 e. The van der Waals surface area contributed by atoms with Gasteiger partial charge in [-0.1, -0.05) is 0 Å². The molecular formula is C9H15N3O. The molecule has 0 aliphatic carbocycles. The standard InChI is InChI=1S/C9H15N3O/c1-6-8(7(2)13)5-10-9(11-6)12(3)4/h5,7,13H,1-4H3/t7-/m1/s1. The minimum atomic E-state index is -0.504. The van der Waals surface area contributed by atoms with E-state index in [1.807, 2.05) is 25.9 Å². The van der Waals surface area contributed by atoms with Crippen molar-refractivity contribution in [3.63, 3.8) is 0 Å². The summed E-state index contributed by atoms with van der Waals surface area (Å²) in [5, 5.41) is 9.34. The molecule has 1 aromatic heterocycles. The first-order valence-corrected chi connectivity index (χ1v) is 4.21. The first kappa shape index (κ1) is 9.92. The zero-order valence-electron chi connectivity index (χ0n) is 8.44. The van der Waals surface area contributed by atoms with Gasteiger partial charge in [0.1, 0.15) is 0 Å². The summed E-state index contributed by atoms with van der Waals surface area (Å²) in [6.07, 6.45) is 1.17. The minimum absolute atomic E-state index is 0.504. The molecule has 0 spiro atoms. The summed E-state index contributed by atoms with van der Waals surface area (Å²) in [6.45, 7) is 3.58. The number of aliphatic hydroxyl groups is 1. The van der Waals surface area contributed by atoms with Crippen molar-refractivity contribution in [2.45, 2.75) is 20.0 Å². The molecule has 0 amide bonds. The number of aryl methyl sites for hydroxylation is 1. The summed E-state index contributed by atoms with van der Waals surface area (Å²) in [5.74, 6) is 0.668. The van der Waals surface area contributed by atoms with Gasteiger partial charge in [0.25, 0.3) is 0 Å². The molecule has 0 unspecified atom stereocenters. The number of nitrogens with zero attached hydrogens (tertiary/aromatic N) is 3. The van der Waals surface area contributed by atoms with Gasteiger partial charge in [0.05, 0.1) is 6.10 Å². The van der Waals surface area contributed by atoms with E-state index in [1.165, 1.54) is 0 Å². The van der Waals surface area contributed by atoms with Gasteiger partial charge in [-0.2, -0.15) is 0 Å². The zero-order valence-corrected chi connectivity index (χ0v) is 8.44. The van der Waals surface area contributed by atoms with Gasteiger partial charge < -0.3 is 10.0 Å². The first-order valence-electron chi connectivity index (χ1n) is 4.21. The second-order valence-electron chi connectivity index (χ2n) is 3.28. The second-order valence-corrected chi connectivity index (χ2v) is 3.28. The third-order valence-electron chi connectivity index (χ3n) is 1.85. The maximum absolute atomic E-state index is 9.34. The Morgan fingerprint density at radius 3 is 2.46 bits per heavy atom. The molecule has 0 aliphatic rings. The molecule has 0 bridgehead atoms. The van der Waals surface area contributed by atoms with Gasteiger partial charge in [-0.15, -0.1) is 0 Å². The van der Waals surface area contributed by atoms with Crippen molar-refractivity contribution in [1.29, 1.82) is 0 Å². The molecular weight excluding hydrogens is 166 g/mol. The monoisotopic (exact) mass is 181 g/mol. The molecule has 0 fully saturated rings. The normalized spacial score (nSPS) is 12.7. The van der Waals surface area contributed by atoms with Crippen LogP contribution in [-0.2, 0) is 0 Å². The van der Waals surface area contributed by atoms with Crippen LogP contribution in [0, 0.1) is 6.92 Å². The Balaban J connectivity index is 3.06. The molecule has 0 aliphatic heterocycles. The van der Waals surface area contributed by atoms with Crippen LogP contribution in [-0.4, -0.2) is 29.2 Å². The van der Waals surface area contributed by atoms with Crippen LogP contribution in [0.25, 0.3) is 0 Å². The first-order chi connectivity index (χ1) is 6.02. The highest BCUT2D eigenvalue weighted by molar-refractivity contribution is 5.31. The van der Waals surface area contributed by atoms with E-state index >= 15 is 0 Å². The summed E-state index contributed by atoms with van der Waals surface area (Å²) < 4.78 is 0. The molecule has 4 nitrogen and oxygen atoms in total. The SMILES string of the molecule is Cc1nc(N(C)C)ncc1[C@@H](C)O. The largest absolute Gasteiger partial charge is 0.389 e. The summed E-state index contributed by atoms with van der Waals surface area (Å²) in [5.41, 5.74) is 1.61. The van der Waals surface area contributed by atoms with Crippen LogP contribution in [0.5, 0.6) is 0 Å². The fraction of sp³-hybridized carbons (Fsp3) is 0.556. The average Bonchev–Trinajstić information content (AvgIpc) is 2.03. The number of hydrogen-bond donors (Lipinski definition) is 1. The van der Waals surface area contributed by atoms with Gasteiger partial charge in [-0.05, 0) is 13.8 Å². The zero-order chi connectivity index (χ0) is 10.0. The van der Waals surface area contributed by atoms with Gasteiger partial charge in [0.15, 0.2) is 0 Å². The van der Waals surface area contributed by atoms with Crippen LogP contribution in [0.15, 0.2) is 6.20 Å². The van der Waals surface area contributed by atoms with Crippen molar-refractivity contribution < 1.29 is 5.11 Å². The van der Waals surface area contributed by atoms with Crippen molar-refractivity contribution in [2.75, 3.05) is 19.0 Å². The van der Waals surface area contributed by atoms with Crippen LogP contribution in [0.1, 0.15) is 24.3 Å². The molecule has 0 saturated heterocycles. The van der Waals surface area contributed by atoms with E-state index in [0.717, 1.165) is 11.3 Å². The van der Waals surface area contributed by atoms with Crippen LogP contribution in [0.2, 0.25) is 0 Å². The van der Waals surface area contributed by atoms with Gasteiger partial charge in [-0.25, -0.2) is 9.97 Å². The molecule has 0 saturated carbocycles. The lowest BCUT2D eigenvalue weighted by atomic mass is 10.1. The van der Waals surface area contributed by atoms with E-state index in [2.05, 4.69) is 9.97 Å². The van der Waals surface area contributed by atoms with E-state index in [1.54, 1.807) is 13.1 Å². The minimum Gasteiger partial charge on any atom is -0.389 e. The molecule has 1 aromatic rings. The summed E-state index contributed by atoms with van der Waals surface area (Å²) >= 11 is 0. The maximum atomic E-state index is 9.34. The molecule has 1 heterocycles. The Kier molecular flexibility index (Phi) is 2.83. The van der Waals surface area contributed by atoms with E-state index in [0.29, 0.717) is 5.95 Å². The molecule has 0 radical (unpaired) electrons. The highest BCUT2D eigenvalue weighted by Crippen LogP contribution is 2.15. The molecule has 1 atom stereocenters. The van der Waals surface area contributed by atoms with Crippen LogP contribution in [0.4, 0.5) is 5.95 Å². The quantitative estimate of drug-likeness (QED) is 0.736. The predicted molar refractivity (Wildman–Crippen MR) is 51.7 cm³/mol. The van der Waals surface area contributed by atoms with E-state index in [9.17, 15) is 5.11 Å². The topological polar surface area (TPSA) is 49.2 Å². The second kappa shape index (κ2) is 3.70. The third-order valence-corrected chi connectivity index (χ3v) is 1.85. The van der Waals surface area contributed by atoms with Crippen LogP contribution >= 0.6 is 0 Å². The Bertz CT molecular complexity index is 297. The van der Waals surface area contributed by atoms with E-state index in [-0.39, 0.29) is 0 Å². The summed E-state index contributed by atoms with van der Waals surface area (Å²) in [7, 11) is 3.77. The fourth-order valence-corrected chi connectivity index (χ4v) is 1.09. The number of hydrogen-bond acceptors (Lipinski definition) is 4. The Morgan fingerprint density at radius 2 is 2.08 bits per heavy atom. The number of anilines is 1. The number of aromatic nitrogens is 2. The van der Waals surface area contributed by atoms with Crippen molar-refractivity contribution in [1.82, 2.24) is 9.97 Å². The van der Waals surface area contributed by atoms with Gasteiger partial charge in [0.2, 0.25) is 5.95 Å². The lowest BCUT2D eigenvalue weighted by Gasteiger charge is -2.13. The van der Waals surface area contributed by atoms with Crippen molar-refractivity contribution in [2.24, 2.45) is 0 Å². The highest BCUT2D eigenvalue weighted by atomic mass is 16.3. The molecule has 1 rings (SSSR count). The summed E-state index contributed by atoms with van der Waals surface area (Å²) in [4.78, 5) is 10.2. The van der Waals surface area contributed by atoms with E-state index in [4.69, 9.17) is 0 Å². The molecule has 72 valence electrons. The van der Waals surface area contributed by atoms with Crippen molar-refractivity contribution in [3.05, 3.63) is 17.5 Å². The van der Waals surface area contributed by atoms with Gasteiger partial charge >= 0.3 is 0 Å². The molecule has 1 N–H and O–H groups in total. The summed E-state index contributed by atoms with van der Waals surface area (Å²) in [6, 6.07) is 0. The fourth-order valence-electron chi connectivity index (χ4n) is 1.09. The lowest BCUT2D eigenvalue weighted by molar-refractivity contribution is 0.197. The van der Waals surface area contributed by atoms with Crippen molar-refractivity contribution in [3.8, 4) is 0 Å². The van der Waals surface area contributed by atoms with Crippen molar-refractivity contribution >= 4 is 5.95 Å². The smallest absolute Gasteiger partial charge is 0.224 e. The van der Waals surface area contributed by atoms with E-state index < -0.39 is 6.10 Å².